The van der Waals surface area contributed by atoms with Crippen LogP contribution < -0.4 is 9.64 Å². The van der Waals surface area contributed by atoms with E-state index in [2.05, 4.69) is 24.0 Å². The average molecular weight is 462 g/mol. The summed E-state index contributed by atoms with van der Waals surface area (Å²) in [5.74, 6) is 1.00. The number of amides is 1. The number of aryl methyl sites for hydroxylation is 2. The first-order valence-electron chi connectivity index (χ1n) is 11.1. The average Bonchev–Trinajstić information content (AvgIpc) is 3.41. The molecule has 0 bridgehead atoms. The van der Waals surface area contributed by atoms with Crippen LogP contribution >= 0.6 is 11.3 Å². The van der Waals surface area contributed by atoms with Crippen LogP contribution in [-0.2, 0) is 11.2 Å². The molecule has 33 heavy (non-hydrogen) atoms. The Labute approximate surface area is 197 Å². The van der Waals surface area contributed by atoms with Crippen LogP contribution in [-0.4, -0.2) is 58.9 Å². The molecule has 7 nitrogen and oxygen atoms in total. The van der Waals surface area contributed by atoms with Crippen LogP contribution in [0.4, 0.5) is 5.13 Å². The largest absolute Gasteiger partial charge is 0.497 e. The summed E-state index contributed by atoms with van der Waals surface area (Å²) >= 11 is 1.67. The molecule has 1 amide bonds. The number of anilines is 1. The molecule has 0 saturated carbocycles. The van der Waals surface area contributed by atoms with Crippen LogP contribution in [0.25, 0.3) is 16.0 Å². The number of hydrogen-bond donors (Lipinski definition) is 0. The highest BCUT2D eigenvalue weighted by atomic mass is 32.1. The van der Waals surface area contributed by atoms with Gasteiger partial charge in [-0.1, -0.05) is 41.2 Å². The summed E-state index contributed by atoms with van der Waals surface area (Å²) in [5.41, 5.74) is 5.07. The van der Waals surface area contributed by atoms with E-state index in [9.17, 15) is 4.79 Å². The molecular formula is C25H27N5O2S. The van der Waals surface area contributed by atoms with Gasteiger partial charge in [0.1, 0.15) is 5.75 Å². The Morgan fingerprint density at radius 3 is 2.36 bits per heavy atom. The lowest BCUT2D eigenvalue weighted by Gasteiger charge is -2.34. The van der Waals surface area contributed by atoms with E-state index < -0.39 is 0 Å². The number of hydrogen-bond acceptors (Lipinski definition) is 6. The number of thiazole rings is 1. The molecule has 1 aliphatic rings. The van der Waals surface area contributed by atoms with Gasteiger partial charge in [-0.05, 0) is 43.7 Å². The van der Waals surface area contributed by atoms with E-state index in [1.54, 1.807) is 18.4 Å². The zero-order chi connectivity index (χ0) is 22.9. The molecule has 170 valence electrons. The number of nitrogens with zero attached hydrogens (tertiary/aromatic N) is 5. The highest BCUT2D eigenvalue weighted by Gasteiger charge is 2.25. The minimum Gasteiger partial charge on any atom is -0.497 e. The molecule has 8 heteroatoms. The molecule has 1 aliphatic heterocycles. The summed E-state index contributed by atoms with van der Waals surface area (Å²) in [7, 11) is 1.66. The van der Waals surface area contributed by atoms with Gasteiger partial charge in [0.2, 0.25) is 5.91 Å². The van der Waals surface area contributed by atoms with Crippen molar-refractivity contribution in [3.63, 3.8) is 0 Å². The molecule has 0 aliphatic carbocycles. The van der Waals surface area contributed by atoms with Gasteiger partial charge in [-0.15, -0.1) is 0 Å². The van der Waals surface area contributed by atoms with E-state index in [1.807, 2.05) is 52.9 Å². The van der Waals surface area contributed by atoms with Crippen LogP contribution in [0.2, 0.25) is 0 Å². The van der Waals surface area contributed by atoms with Crippen molar-refractivity contribution in [3.8, 4) is 11.4 Å². The number of benzene rings is 2. The monoisotopic (exact) mass is 461 g/mol. The number of methoxy groups -OCH3 is 1. The van der Waals surface area contributed by atoms with Crippen molar-refractivity contribution < 1.29 is 9.53 Å². The molecule has 0 N–H and O–H groups in total. The molecule has 0 radical (unpaired) electrons. The fourth-order valence-corrected chi connectivity index (χ4v) is 5.14. The van der Waals surface area contributed by atoms with Gasteiger partial charge in [-0.25, -0.2) is 4.68 Å². The Balaban J connectivity index is 1.28. The Bertz CT molecular complexity index is 1270. The molecule has 1 fully saturated rings. The Kier molecular flexibility index (Phi) is 5.76. The van der Waals surface area contributed by atoms with Gasteiger partial charge < -0.3 is 14.5 Å². The summed E-state index contributed by atoms with van der Waals surface area (Å²) in [4.78, 5) is 21.9. The minimum atomic E-state index is 0.189. The number of piperazine rings is 1. The van der Waals surface area contributed by atoms with Crippen molar-refractivity contribution in [3.05, 3.63) is 65.4 Å². The Hall–Kier alpha value is -3.39. The van der Waals surface area contributed by atoms with Crippen LogP contribution in [0.3, 0.4) is 0 Å². The van der Waals surface area contributed by atoms with Gasteiger partial charge in [-0.3, -0.25) is 4.79 Å². The molecule has 1 saturated heterocycles. The second-order valence-corrected chi connectivity index (χ2v) is 9.35. The molecule has 0 spiro atoms. The summed E-state index contributed by atoms with van der Waals surface area (Å²) in [6.45, 7) is 7.07. The molecule has 0 atom stereocenters. The van der Waals surface area contributed by atoms with E-state index in [0.29, 0.717) is 19.5 Å². The third kappa shape index (κ3) is 4.30. The molecule has 0 unspecified atom stereocenters. The SMILES string of the molecule is COc1ccc(-n2nc(C)c3sc(N4CCN(C(=O)Cc5ccc(C)cc5)CC4)nc32)cc1. The second-order valence-electron chi connectivity index (χ2n) is 8.37. The molecule has 4 aromatic rings. The van der Waals surface area contributed by atoms with Crippen LogP contribution in [0.15, 0.2) is 48.5 Å². The van der Waals surface area contributed by atoms with E-state index in [0.717, 1.165) is 51.3 Å². The Morgan fingerprint density at radius 1 is 1.00 bits per heavy atom. The van der Waals surface area contributed by atoms with Gasteiger partial charge in [0.15, 0.2) is 10.8 Å². The van der Waals surface area contributed by atoms with Crippen molar-refractivity contribution in [2.24, 2.45) is 0 Å². The van der Waals surface area contributed by atoms with Crippen molar-refractivity contribution in [2.45, 2.75) is 20.3 Å². The summed E-state index contributed by atoms with van der Waals surface area (Å²) in [6.07, 6.45) is 0.457. The number of rotatable bonds is 5. The zero-order valence-electron chi connectivity index (χ0n) is 19.1. The van der Waals surface area contributed by atoms with Crippen molar-refractivity contribution in [1.82, 2.24) is 19.7 Å². The number of ether oxygens (including phenoxy) is 1. The lowest BCUT2D eigenvalue weighted by molar-refractivity contribution is -0.130. The zero-order valence-corrected chi connectivity index (χ0v) is 19.9. The molecular weight excluding hydrogens is 434 g/mol. The predicted octanol–water partition coefficient (Wildman–Crippen LogP) is 4.00. The summed E-state index contributed by atoms with van der Waals surface area (Å²) in [6, 6.07) is 16.0. The Morgan fingerprint density at radius 2 is 1.70 bits per heavy atom. The van der Waals surface area contributed by atoms with E-state index in [-0.39, 0.29) is 5.91 Å². The van der Waals surface area contributed by atoms with Gasteiger partial charge in [0.25, 0.3) is 0 Å². The standard InChI is InChI=1S/C25H27N5O2S/c1-17-4-6-19(7-5-17)16-22(31)28-12-14-29(15-13-28)25-26-24-23(33-25)18(2)27-30(24)20-8-10-21(32-3)11-9-20/h4-11H,12-16H2,1-3H3. The van der Waals surface area contributed by atoms with Gasteiger partial charge in [-0.2, -0.15) is 10.1 Å². The lowest BCUT2D eigenvalue weighted by atomic mass is 10.1. The first kappa shape index (κ1) is 21.5. The third-order valence-corrected chi connectivity index (χ3v) is 7.29. The van der Waals surface area contributed by atoms with Crippen LogP contribution in [0, 0.1) is 13.8 Å². The highest BCUT2D eigenvalue weighted by Crippen LogP contribution is 2.33. The van der Waals surface area contributed by atoms with Crippen LogP contribution in [0.1, 0.15) is 16.8 Å². The predicted molar refractivity (Wildman–Crippen MR) is 132 cm³/mol. The van der Waals surface area contributed by atoms with Crippen molar-refractivity contribution in [1.29, 1.82) is 0 Å². The van der Waals surface area contributed by atoms with Gasteiger partial charge in [0.05, 0.1) is 29.6 Å². The van der Waals surface area contributed by atoms with Gasteiger partial charge in [0, 0.05) is 26.2 Å². The quantitative estimate of drug-likeness (QED) is 0.450. The second kappa shape index (κ2) is 8.86. The normalized spacial score (nSPS) is 14.2. The molecule has 5 rings (SSSR count). The van der Waals surface area contributed by atoms with Crippen molar-refractivity contribution in [2.75, 3.05) is 38.2 Å². The first-order chi connectivity index (χ1) is 16.0. The van der Waals surface area contributed by atoms with E-state index >= 15 is 0 Å². The molecule has 3 heterocycles. The first-order valence-corrected chi connectivity index (χ1v) is 11.9. The molecule has 2 aromatic heterocycles. The number of carbonyl (C=O) groups is 1. The smallest absolute Gasteiger partial charge is 0.227 e. The minimum absolute atomic E-state index is 0.189. The summed E-state index contributed by atoms with van der Waals surface area (Å²) < 4.78 is 8.26. The number of aromatic nitrogens is 3. The maximum Gasteiger partial charge on any atom is 0.227 e. The molecule has 2 aromatic carbocycles. The number of fused-ring (bicyclic) bond motifs is 1. The van der Waals surface area contributed by atoms with E-state index in [4.69, 9.17) is 14.8 Å². The van der Waals surface area contributed by atoms with E-state index in [1.165, 1.54) is 5.56 Å². The van der Waals surface area contributed by atoms with Gasteiger partial charge >= 0.3 is 0 Å². The van der Waals surface area contributed by atoms with Crippen LogP contribution in [0.5, 0.6) is 5.75 Å². The fourth-order valence-electron chi connectivity index (χ4n) is 4.10. The fraction of sp³-hybridized carbons (Fsp3) is 0.320. The summed E-state index contributed by atoms with van der Waals surface area (Å²) in [5, 5.41) is 5.68. The maximum atomic E-state index is 12.8. The third-order valence-electron chi connectivity index (χ3n) is 6.07. The lowest BCUT2D eigenvalue weighted by Crippen LogP contribution is -2.49. The highest BCUT2D eigenvalue weighted by molar-refractivity contribution is 7.22. The number of carbonyl (C=O) groups excluding carboxylic acids is 1. The van der Waals surface area contributed by atoms with Crippen molar-refractivity contribution >= 4 is 32.7 Å². The maximum absolute atomic E-state index is 12.8. The topological polar surface area (TPSA) is 63.5 Å².